The largest absolute Gasteiger partial charge is 0.505 e. The van der Waals surface area contributed by atoms with Crippen molar-refractivity contribution in [2.24, 2.45) is 0 Å². The van der Waals surface area contributed by atoms with Gasteiger partial charge in [0.15, 0.2) is 0 Å². The van der Waals surface area contributed by atoms with Gasteiger partial charge in [-0.05, 0) is 23.8 Å². The fraction of sp³-hybridized carbons (Fsp3) is 0.0952. The number of carbonyl (C=O) groups excluding carboxylic acids is 1. The van der Waals surface area contributed by atoms with Crippen molar-refractivity contribution >= 4 is 17.4 Å². The van der Waals surface area contributed by atoms with E-state index in [1.54, 1.807) is 43.5 Å². The smallest absolute Gasteiger partial charge is 0.323 e. The first-order valence-corrected chi connectivity index (χ1v) is 8.30. The van der Waals surface area contributed by atoms with Crippen LogP contribution >= 0.6 is 0 Å². The van der Waals surface area contributed by atoms with Gasteiger partial charge in [-0.2, -0.15) is 0 Å². The van der Waals surface area contributed by atoms with Gasteiger partial charge >= 0.3 is 6.03 Å². The number of rotatable bonds is 5. The number of para-hydroxylation sites is 1. The number of ether oxygens (including phenoxy) is 2. The van der Waals surface area contributed by atoms with E-state index >= 15 is 0 Å². The van der Waals surface area contributed by atoms with Crippen LogP contribution in [0.3, 0.4) is 0 Å². The first-order valence-electron chi connectivity index (χ1n) is 8.30. The number of amides is 2. The average molecular weight is 364 g/mol. The summed E-state index contributed by atoms with van der Waals surface area (Å²) in [6.07, 6.45) is 0. The van der Waals surface area contributed by atoms with E-state index in [1.165, 1.54) is 7.11 Å². The molecule has 0 radical (unpaired) electrons. The number of hydrogen-bond donors (Lipinski definition) is 3. The predicted molar refractivity (Wildman–Crippen MR) is 106 cm³/mol. The van der Waals surface area contributed by atoms with Crippen molar-refractivity contribution in [2.75, 3.05) is 24.9 Å². The fourth-order valence-corrected chi connectivity index (χ4v) is 2.67. The Morgan fingerprint density at radius 3 is 2.30 bits per heavy atom. The Kier molecular flexibility index (Phi) is 5.47. The molecule has 0 aliphatic heterocycles. The van der Waals surface area contributed by atoms with Gasteiger partial charge in [0.05, 0.1) is 25.6 Å². The SMILES string of the molecule is COc1ccc(NC(=O)Nc2cccc(-c3ccccc3)c2O)c(OC)c1. The molecule has 2 amide bonds. The van der Waals surface area contributed by atoms with Crippen LogP contribution in [0, 0.1) is 0 Å². The lowest BCUT2D eigenvalue weighted by molar-refractivity contribution is 0.262. The Morgan fingerprint density at radius 2 is 1.59 bits per heavy atom. The molecule has 3 N–H and O–H groups in total. The number of anilines is 2. The van der Waals surface area contributed by atoms with Crippen LogP contribution in [-0.2, 0) is 0 Å². The van der Waals surface area contributed by atoms with Crippen LogP contribution in [0.1, 0.15) is 0 Å². The summed E-state index contributed by atoms with van der Waals surface area (Å²) in [5, 5.41) is 15.9. The number of carbonyl (C=O) groups is 1. The second-order valence-electron chi connectivity index (χ2n) is 5.71. The normalized spacial score (nSPS) is 10.1. The summed E-state index contributed by atoms with van der Waals surface area (Å²) in [6.45, 7) is 0. The highest BCUT2D eigenvalue weighted by Gasteiger charge is 2.13. The van der Waals surface area contributed by atoms with Gasteiger partial charge in [0, 0.05) is 11.6 Å². The van der Waals surface area contributed by atoms with Crippen LogP contribution < -0.4 is 20.1 Å². The third-order valence-electron chi connectivity index (χ3n) is 4.03. The van der Waals surface area contributed by atoms with Crippen molar-refractivity contribution in [2.45, 2.75) is 0 Å². The van der Waals surface area contributed by atoms with Crippen LogP contribution in [0.15, 0.2) is 66.7 Å². The Hall–Kier alpha value is -3.67. The molecular weight excluding hydrogens is 344 g/mol. The van der Waals surface area contributed by atoms with Crippen molar-refractivity contribution in [3.05, 3.63) is 66.7 Å². The average Bonchev–Trinajstić information content (AvgIpc) is 2.70. The molecule has 3 aromatic rings. The molecule has 27 heavy (non-hydrogen) atoms. The number of phenols is 1. The van der Waals surface area contributed by atoms with Crippen LogP contribution in [-0.4, -0.2) is 25.4 Å². The third-order valence-corrected chi connectivity index (χ3v) is 4.03. The van der Waals surface area contributed by atoms with Gasteiger partial charge in [-0.3, -0.25) is 0 Å². The molecule has 0 aliphatic carbocycles. The molecule has 0 atom stereocenters. The van der Waals surface area contributed by atoms with E-state index in [9.17, 15) is 9.90 Å². The highest BCUT2D eigenvalue weighted by molar-refractivity contribution is 6.02. The van der Waals surface area contributed by atoms with Gasteiger partial charge in [-0.15, -0.1) is 0 Å². The molecule has 138 valence electrons. The van der Waals surface area contributed by atoms with E-state index in [-0.39, 0.29) is 5.75 Å². The topological polar surface area (TPSA) is 79.8 Å². The van der Waals surface area contributed by atoms with E-state index in [0.29, 0.717) is 28.4 Å². The Morgan fingerprint density at radius 1 is 0.852 bits per heavy atom. The van der Waals surface area contributed by atoms with Gasteiger partial charge in [0.2, 0.25) is 0 Å². The lowest BCUT2D eigenvalue weighted by atomic mass is 10.0. The number of methoxy groups -OCH3 is 2. The van der Waals surface area contributed by atoms with Crippen LogP contribution in [0.25, 0.3) is 11.1 Å². The summed E-state index contributed by atoms with van der Waals surface area (Å²) in [7, 11) is 3.06. The van der Waals surface area contributed by atoms with Gasteiger partial charge in [-0.1, -0.05) is 42.5 Å². The van der Waals surface area contributed by atoms with Crippen molar-refractivity contribution in [1.82, 2.24) is 0 Å². The summed E-state index contributed by atoms with van der Waals surface area (Å²) < 4.78 is 10.4. The Bertz CT molecular complexity index is 942. The minimum Gasteiger partial charge on any atom is -0.505 e. The number of benzene rings is 3. The lowest BCUT2D eigenvalue weighted by Crippen LogP contribution is -2.20. The van der Waals surface area contributed by atoms with E-state index in [2.05, 4.69) is 10.6 Å². The number of urea groups is 1. The number of nitrogens with one attached hydrogen (secondary N) is 2. The van der Waals surface area contributed by atoms with Crippen molar-refractivity contribution in [3.63, 3.8) is 0 Å². The van der Waals surface area contributed by atoms with Crippen molar-refractivity contribution in [1.29, 1.82) is 0 Å². The van der Waals surface area contributed by atoms with Crippen LogP contribution in [0.2, 0.25) is 0 Å². The predicted octanol–water partition coefficient (Wildman–Crippen LogP) is 4.72. The Balaban J connectivity index is 1.79. The molecule has 6 nitrogen and oxygen atoms in total. The lowest BCUT2D eigenvalue weighted by Gasteiger charge is -2.14. The zero-order chi connectivity index (χ0) is 19.2. The molecular formula is C21H20N2O4. The molecule has 0 saturated heterocycles. The van der Waals surface area contributed by atoms with Gasteiger partial charge < -0.3 is 25.2 Å². The highest BCUT2D eigenvalue weighted by atomic mass is 16.5. The monoisotopic (exact) mass is 364 g/mol. The molecule has 6 heteroatoms. The number of hydrogen-bond acceptors (Lipinski definition) is 4. The molecule has 0 bridgehead atoms. The maximum atomic E-state index is 12.4. The first-order chi connectivity index (χ1) is 13.1. The summed E-state index contributed by atoms with van der Waals surface area (Å²) >= 11 is 0. The van der Waals surface area contributed by atoms with Crippen molar-refractivity contribution in [3.8, 4) is 28.4 Å². The molecule has 3 rings (SSSR count). The van der Waals surface area contributed by atoms with Crippen LogP contribution in [0.4, 0.5) is 16.2 Å². The fourth-order valence-electron chi connectivity index (χ4n) is 2.67. The summed E-state index contributed by atoms with van der Waals surface area (Å²) in [6, 6.07) is 19.2. The third kappa shape index (κ3) is 4.12. The standard InChI is InChI=1S/C21H20N2O4/c1-26-15-11-12-17(19(13-15)27-2)22-21(25)23-18-10-6-9-16(20(18)24)14-7-4-3-5-8-14/h3-13,24H,1-2H3,(H2,22,23,25). The number of phenolic OH excluding ortho intramolecular Hbond substituents is 1. The minimum absolute atomic E-state index is 0.000505. The summed E-state index contributed by atoms with van der Waals surface area (Å²) in [5.41, 5.74) is 2.28. The minimum atomic E-state index is -0.501. The molecule has 0 spiro atoms. The van der Waals surface area contributed by atoms with Crippen molar-refractivity contribution < 1.29 is 19.4 Å². The molecule has 0 aliphatic rings. The highest BCUT2D eigenvalue weighted by Crippen LogP contribution is 2.35. The zero-order valence-electron chi connectivity index (χ0n) is 15.0. The Labute approximate surface area is 157 Å². The molecule has 0 aromatic heterocycles. The van der Waals surface area contributed by atoms with Gasteiger partial charge in [0.1, 0.15) is 17.2 Å². The maximum Gasteiger partial charge on any atom is 0.323 e. The number of aromatic hydroxyl groups is 1. The van der Waals surface area contributed by atoms with Crippen LogP contribution in [0.5, 0.6) is 17.2 Å². The van der Waals surface area contributed by atoms with Gasteiger partial charge in [0.25, 0.3) is 0 Å². The maximum absolute atomic E-state index is 12.4. The quantitative estimate of drug-likeness (QED) is 0.572. The molecule has 0 saturated carbocycles. The summed E-state index contributed by atoms with van der Waals surface area (Å²) in [4.78, 5) is 12.4. The summed E-state index contributed by atoms with van der Waals surface area (Å²) in [5.74, 6) is 1.08. The second kappa shape index (κ2) is 8.14. The molecule has 0 unspecified atom stereocenters. The molecule has 0 fully saturated rings. The van der Waals surface area contributed by atoms with E-state index < -0.39 is 6.03 Å². The van der Waals surface area contributed by atoms with E-state index in [4.69, 9.17) is 9.47 Å². The van der Waals surface area contributed by atoms with E-state index in [1.807, 2.05) is 30.3 Å². The van der Waals surface area contributed by atoms with Gasteiger partial charge in [-0.25, -0.2) is 4.79 Å². The zero-order valence-corrected chi connectivity index (χ0v) is 15.0. The molecule has 3 aromatic carbocycles. The first kappa shape index (κ1) is 18.1. The molecule has 0 heterocycles. The second-order valence-corrected chi connectivity index (χ2v) is 5.71. The van der Waals surface area contributed by atoms with E-state index in [0.717, 1.165) is 5.56 Å².